The Balaban J connectivity index is 3.35. The van der Waals surface area contributed by atoms with Gasteiger partial charge in [0.05, 0.1) is 5.69 Å². The van der Waals surface area contributed by atoms with Gasteiger partial charge in [-0.15, -0.1) is 0 Å². The van der Waals surface area contributed by atoms with E-state index in [9.17, 15) is 49.1 Å². The quantitative estimate of drug-likeness (QED) is 0.593. The highest BCUT2D eigenvalue weighted by atomic mass is 19.4. The maximum absolute atomic E-state index is 12.8. The van der Waals surface area contributed by atoms with Crippen LogP contribution in [0.2, 0.25) is 0 Å². The number of halogens is 10. The van der Waals surface area contributed by atoms with Crippen LogP contribution in [0.25, 0.3) is 0 Å². The highest BCUT2D eigenvalue weighted by Gasteiger charge is 2.63. The molecule has 1 aromatic rings. The van der Waals surface area contributed by atoms with Crippen LogP contribution in [0, 0.1) is 5.21 Å². The molecule has 0 saturated heterocycles. The molecular weight excluding hydrogens is 388 g/mol. The molecule has 15 heteroatoms. The van der Waals surface area contributed by atoms with E-state index >= 15 is 0 Å². The molecule has 0 heterocycles. The average molecular weight is 392 g/mol. The Bertz CT molecular complexity index is 613. The summed E-state index contributed by atoms with van der Waals surface area (Å²) in [6, 6.07) is 0.0969. The Morgan fingerprint density at radius 2 is 1.16 bits per heavy atom. The molecule has 1 N–H and O–H groups in total. The van der Waals surface area contributed by atoms with Gasteiger partial charge in [0, 0.05) is 6.07 Å². The van der Waals surface area contributed by atoms with Gasteiger partial charge in [-0.3, -0.25) is 5.21 Å². The molecule has 0 aliphatic rings. The molecule has 0 aliphatic heterocycles. The molecule has 0 bridgehead atoms. The normalized spacial score (nSPS) is 13.6. The first-order valence-electron chi connectivity index (χ1n) is 5.55. The maximum atomic E-state index is 12.8. The molecule has 25 heavy (non-hydrogen) atoms. The number of nitrogens with zero attached hydrogens (tertiary/aromatic N) is 1. The third-order valence-electron chi connectivity index (χ3n) is 2.28. The lowest BCUT2D eigenvalue weighted by Gasteiger charge is -2.27. The van der Waals surface area contributed by atoms with Gasteiger partial charge in [0.15, 0.2) is 11.5 Å². The number of benzene rings is 1. The molecule has 5 nitrogen and oxygen atoms in total. The van der Waals surface area contributed by atoms with Gasteiger partial charge in [0.2, 0.25) is 0 Å². The van der Waals surface area contributed by atoms with Crippen molar-refractivity contribution in [3.63, 3.8) is 0 Å². The molecule has 0 saturated carbocycles. The zero-order chi connectivity index (χ0) is 19.8. The molecule has 0 spiro atoms. The molecule has 0 amide bonds. The predicted octanol–water partition coefficient (Wildman–Crippen LogP) is 4.45. The van der Waals surface area contributed by atoms with Gasteiger partial charge in [-0.2, -0.15) is 43.9 Å². The third kappa shape index (κ3) is 4.68. The molecule has 0 fully saturated rings. The van der Waals surface area contributed by atoms with Crippen molar-refractivity contribution in [2.45, 2.75) is 24.6 Å². The molecular formula is C10H4F10NO4-. The van der Waals surface area contributed by atoms with Crippen molar-refractivity contribution < 1.29 is 58.6 Å². The van der Waals surface area contributed by atoms with Crippen molar-refractivity contribution in [3.05, 3.63) is 23.4 Å². The minimum atomic E-state index is -6.39. The molecule has 0 atom stereocenters. The second-order valence-corrected chi connectivity index (χ2v) is 4.14. The summed E-state index contributed by atoms with van der Waals surface area (Å²) < 4.78 is 130. The van der Waals surface area contributed by atoms with Gasteiger partial charge in [-0.05, 0) is 12.1 Å². The first kappa shape index (κ1) is 20.9. The van der Waals surface area contributed by atoms with E-state index in [1.54, 1.807) is 0 Å². The fourth-order valence-electron chi connectivity index (χ4n) is 1.17. The molecule has 1 rings (SSSR count). The monoisotopic (exact) mass is 392 g/mol. The van der Waals surface area contributed by atoms with Crippen LogP contribution in [0.5, 0.6) is 11.5 Å². The van der Waals surface area contributed by atoms with Crippen LogP contribution < -0.4 is 14.7 Å². The smallest absolute Gasteiger partial charge is 0.499 e. The SMILES string of the molecule is [O-]N(O)c1ccc(OC(F)(F)C(F)(F)F)c(OC(F)(F)C(F)(F)F)c1. The molecule has 0 aromatic heterocycles. The van der Waals surface area contributed by atoms with Crippen LogP contribution in [0.15, 0.2) is 18.2 Å². The number of alkyl halides is 10. The highest BCUT2D eigenvalue weighted by Crippen LogP contribution is 2.45. The van der Waals surface area contributed by atoms with Crippen molar-refractivity contribution >= 4 is 5.69 Å². The van der Waals surface area contributed by atoms with E-state index in [-0.39, 0.29) is 18.2 Å². The summed E-state index contributed by atoms with van der Waals surface area (Å²) in [5.74, 6) is -3.92. The maximum Gasteiger partial charge on any atom is 0.499 e. The summed E-state index contributed by atoms with van der Waals surface area (Å²) >= 11 is 0. The van der Waals surface area contributed by atoms with Crippen molar-refractivity contribution in [1.29, 1.82) is 0 Å². The van der Waals surface area contributed by atoms with Gasteiger partial charge in [-0.1, -0.05) is 0 Å². The summed E-state index contributed by atoms with van der Waals surface area (Å²) in [4.78, 5) is 0. The second kappa shape index (κ2) is 6.29. The summed E-state index contributed by atoms with van der Waals surface area (Å²) in [7, 11) is 0. The van der Waals surface area contributed by atoms with Crippen LogP contribution in [0.4, 0.5) is 49.6 Å². The summed E-state index contributed by atoms with van der Waals surface area (Å²) in [6.07, 6.45) is -24.8. The lowest BCUT2D eigenvalue weighted by molar-refractivity contribution is -0.367. The fourth-order valence-corrected chi connectivity index (χ4v) is 1.17. The van der Waals surface area contributed by atoms with E-state index in [0.29, 0.717) is 0 Å². The molecule has 144 valence electrons. The third-order valence-corrected chi connectivity index (χ3v) is 2.28. The topological polar surface area (TPSA) is 65.0 Å². The minimum absolute atomic E-state index is 0.0160. The highest BCUT2D eigenvalue weighted by molar-refractivity contribution is 5.55. The Labute approximate surface area is 130 Å². The van der Waals surface area contributed by atoms with Gasteiger partial charge < -0.3 is 19.9 Å². The van der Waals surface area contributed by atoms with Gasteiger partial charge >= 0.3 is 24.6 Å². The first-order valence-corrected chi connectivity index (χ1v) is 5.55. The van der Waals surface area contributed by atoms with Crippen LogP contribution in [0.1, 0.15) is 0 Å². The number of hydrogen-bond acceptors (Lipinski definition) is 5. The number of hydrogen-bond donors (Lipinski definition) is 1. The second-order valence-electron chi connectivity index (χ2n) is 4.14. The summed E-state index contributed by atoms with van der Waals surface area (Å²) in [5.41, 5.74) is -1.13. The van der Waals surface area contributed by atoms with Crippen molar-refractivity contribution in [3.8, 4) is 11.5 Å². The van der Waals surface area contributed by atoms with Crippen molar-refractivity contribution in [2.24, 2.45) is 0 Å². The first-order chi connectivity index (χ1) is 11.0. The van der Waals surface area contributed by atoms with E-state index in [0.717, 1.165) is 0 Å². The fraction of sp³-hybridized carbons (Fsp3) is 0.400. The number of rotatable bonds is 5. The Hall–Kier alpha value is -2.16. The van der Waals surface area contributed by atoms with E-state index < -0.39 is 47.0 Å². The Morgan fingerprint density at radius 1 is 0.760 bits per heavy atom. The molecule has 0 radical (unpaired) electrons. The van der Waals surface area contributed by atoms with Gasteiger partial charge in [-0.25, -0.2) is 0 Å². The van der Waals surface area contributed by atoms with Crippen molar-refractivity contribution in [1.82, 2.24) is 0 Å². The Morgan fingerprint density at radius 3 is 1.52 bits per heavy atom. The predicted molar refractivity (Wildman–Crippen MR) is 57.3 cm³/mol. The average Bonchev–Trinajstić information content (AvgIpc) is 2.37. The van der Waals surface area contributed by atoms with E-state index in [1.807, 2.05) is 0 Å². The summed E-state index contributed by atoms with van der Waals surface area (Å²) in [6.45, 7) is 0. The zero-order valence-electron chi connectivity index (χ0n) is 11.1. The number of ether oxygens (including phenoxy) is 2. The van der Waals surface area contributed by atoms with Crippen LogP contribution in [-0.4, -0.2) is 29.8 Å². The lowest BCUT2D eigenvalue weighted by Crippen LogP contribution is -2.43. The molecule has 0 aliphatic carbocycles. The van der Waals surface area contributed by atoms with Crippen LogP contribution in [-0.2, 0) is 0 Å². The van der Waals surface area contributed by atoms with E-state index in [1.165, 1.54) is 0 Å². The Kier molecular flexibility index (Phi) is 5.25. The van der Waals surface area contributed by atoms with E-state index in [4.69, 9.17) is 5.21 Å². The summed E-state index contributed by atoms with van der Waals surface area (Å²) in [5, 5.41) is 17.9. The van der Waals surface area contributed by atoms with E-state index in [2.05, 4.69) is 9.47 Å². The van der Waals surface area contributed by atoms with Crippen LogP contribution >= 0.6 is 0 Å². The molecule has 0 unspecified atom stereocenters. The largest absolute Gasteiger partial charge is 0.733 e. The van der Waals surface area contributed by atoms with Gasteiger partial charge in [0.25, 0.3) is 0 Å². The lowest BCUT2D eigenvalue weighted by atomic mass is 10.2. The van der Waals surface area contributed by atoms with Crippen molar-refractivity contribution in [2.75, 3.05) is 5.23 Å². The zero-order valence-corrected chi connectivity index (χ0v) is 11.1. The van der Waals surface area contributed by atoms with Crippen LogP contribution in [0.3, 0.4) is 0 Å². The minimum Gasteiger partial charge on any atom is -0.733 e. The van der Waals surface area contributed by atoms with Gasteiger partial charge in [0.1, 0.15) is 0 Å². The molecule has 1 aromatic carbocycles. The number of anilines is 1. The standard InChI is InChI=1S/C10H4F10NO4/c11-7(12,13)9(17,18)24-5-2-1-4(21(22)23)3-6(5)25-10(19,20)8(14,15)16/h1-3,22H/q-1.